The summed E-state index contributed by atoms with van der Waals surface area (Å²) in [6, 6.07) is 3.71. The molecule has 0 bridgehead atoms. The van der Waals surface area contributed by atoms with Gasteiger partial charge >= 0.3 is 0 Å². The highest BCUT2D eigenvalue weighted by molar-refractivity contribution is 9.11. The number of hydrogen-bond donors (Lipinski definition) is 2. The maximum atomic E-state index is 12.2. The Kier molecular flexibility index (Phi) is 4.86. The average molecular weight is 441 g/mol. The van der Waals surface area contributed by atoms with Gasteiger partial charge in [0.1, 0.15) is 0 Å². The smallest absolute Gasteiger partial charge is 0.241 e. The highest BCUT2D eigenvalue weighted by atomic mass is 79.9. The molecule has 1 aromatic rings. The van der Waals surface area contributed by atoms with Crippen LogP contribution in [0.4, 0.5) is 5.69 Å². The van der Waals surface area contributed by atoms with E-state index in [1.165, 1.54) is 0 Å². The van der Waals surface area contributed by atoms with Crippen LogP contribution >= 0.6 is 47.8 Å². The molecule has 2 atom stereocenters. The van der Waals surface area contributed by atoms with Crippen LogP contribution in [-0.2, 0) is 4.79 Å². The third kappa shape index (κ3) is 3.15. The van der Waals surface area contributed by atoms with Crippen molar-refractivity contribution >= 4 is 59.4 Å². The second-order valence-electron chi connectivity index (χ2n) is 4.43. The van der Waals surface area contributed by atoms with E-state index in [0.717, 1.165) is 32.1 Å². The molecule has 2 rings (SSSR count). The predicted molar refractivity (Wildman–Crippen MR) is 83.7 cm³/mol. The molecule has 1 amide bonds. The molecular weight excluding hydrogens is 428 g/mol. The summed E-state index contributed by atoms with van der Waals surface area (Å²) in [4.78, 5) is 12.2. The normalized spacial score (nSPS) is 23.1. The van der Waals surface area contributed by atoms with Crippen LogP contribution < -0.4 is 10.6 Å². The topological polar surface area (TPSA) is 41.1 Å². The van der Waals surface area contributed by atoms with Gasteiger partial charge in [-0.1, -0.05) is 22.9 Å². The Morgan fingerprint density at radius 1 is 1.33 bits per heavy atom. The molecule has 1 heterocycles. The van der Waals surface area contributed by atoms with Crippen molar-refractivity contribution < 1.29 is 4.79 Å². The lowest BCUT2D eigenvalue weighted by molar-refractivity contribution is -0.118. The number of carbonyl (C=O) groups excluding carboxylic acids is 1. The maximum absolute atomic E-state index is 12.2. The molecule has 0 saturated carbocycles. The molecule has 6 heteroatoms. The molecule has 2 N–H and O–H groups in total. The molecule has 0 spiro atoms. The lowest BCUT2D eigenvalue weighted by Crippen LogP contribution is -2.39. The van der Waals surface area contributed by atoms with E-state index in [1.807, 2.05) is 12.1 Å². The Morgan fingerprint density at radius 2 is 1.94 bits per heavy atom. The van der Waals surface area contributed by atoms with Crippen molar-refractivity contribution in [3.8, 4) is 0 Å². The number of carbonyl (C=O) groups is 1. The summed E-state index contributed by atoms with van der Waals surface area (Å²) in [5.74, 6) is 0.390. The minimum atomic E-state index is -0.104. The van der Waals surface area contributed by atoms with Crippen LogP contribution in [0.25, 0.3) is 0 Å². The van der Waals surface area contributed by atoms with E-state index in [-0.39, 0.29) is 11.9 Å². The first-order chi connectivity index (χ1) is 8.49. The van der Waals surface area contributed by atoms with Gasteiger partial charge < -0.3 is 10.6 Å². The molecular formula is C12H13Br3N2O. The number of nitrogens with one attached hydrogen (secondary N) is 2. The van der Waals surface area contributed by atoms with Crippen LogP contribution in [-0.4, -0.2) is 18.5 Å². The summed E-state index contributed by atoms with van der Waals surface area (Å²) in [5, 5.41) is 6.19. The fourth-order valence-corrected chi connectivity index (χ4v) is 4.50. The van der Waals surface area contributed by atoms with Crippen LogP contribution in [0.5, 0.6) is 0 Å². The van der Waals surface area contributed by atoms with E-state index in [2.05, 4.69) is 65.3 Å². The summed E-state index contributed by atoms with van der Waals surface area (Å²) < 4.78 is 2.65. The van der Waals surface area contributed by atoms with Gasteiger partial charge in [0.15, 0.2) is 0 Å². The number of amides is 1. The first-order valence-corrected chi connectivity index (χ1v) is 8.05. The van der Waals surface area contributed by atoms with Crippen LogP contribution in [0.1, 0.15) is 13.3 Å². The highest BCUT2D eigenvalue weighted by Gasteiger charge is 2.29. The zero-order valence-electron chi connectivity index (χ0n) is 9.77. The van der Waals surface area contributed by atoms with Crippen LogP contribution in [0.15, 0.2) is 25.6 Å². The van der Waals surface area contributed by atoms with E-state index in [9.17, 15) is 4.79 Å². The largest absolute Gasteiger partial charge is 0.323 e. The molecule has 1 aliphatic heterocycles. The van der Waals surface area contributed by atoms with Crippen molar-refractivity contribution in [2.75, 3.05) is 11.9 Å². The van der Waals surface area contributed by atoms with Crippen molar-refractivity contribution in [3.05, 3.63) is 25.6 Å². The number of benzene rings is 1. The summed E-state index contributed by atoms with van der Waals surface area (Å²) >= 11 is 10.3. The van der Waals surface area contributed by atoms with Gasteiger partial charge in [-0.2, -0.15) is 0 Å². The fourth-order valence-electron chi connectivity index (χ4n) is 2.05. The molecule has 2 unspecified atom stereocenters. The van der Waals surface area contributed by atoms with Gasteiger partial charge in [-0.3, -0.25) is 4.79 Å². The van der Waals surface area contributed by atoms with Gasteiger partial charge in [-0.05, 0) is 62.9 Å². The minimum Gasteiger partial charge on any atom is -0.323 e. The highest BCUT2D eigenvalue weighted by Crippen LogP contribution is 2.34. The standard InChI is InChI=1S/C12H13Br3N2O/c1-6-2-3-16-10(6)12(18)17-11-8(14)4-7(13)5-9(11)15/h4-6,10,16H,2-3H2,1H3,(H,17,18). The van der Waals surface area contributed by atoms with Gasteiger partial charge in [0.05, 0.1) is 11.7 Å². The molecule has 3 nitrogen and oxygen atoms in total. The molecule has 0 aromatic heterocycles. The van der Waals surface area contributed by atoms with E-state index in [0.29, 0.717) is 5.92 Å². The number of anilines is 1. The first-order valence-electron chi connectivity index (χ1n) is 5.68. The third-order valence-corrected chi connectivity index (χ3v) is 4.78. The van der Waals surface area contributed by atoms with Crippen LogP contribution in [0.3, 0.4) is 0 Å². The van der Waals surface area contributed by atoms with E-state index in [1.54, 1.807) is 0 Å². The van der Waals surface area contributed by atoms with Gasteiger partial charge in [-0.15, -0.1) is 0 Å². The number of hydrogen-bond acceptors (Lipinski definition) is 2. The monoisotopic (exact) mass is 438 g/mol. The predicted octanol–water partition coefficient (Wildman–Crippen LogP) is 3.91. The van der Waals surface area contributed by atoms with E-state index >= 15 is 0 Å². The molecule has 98 valence electrons. The maximum Gasteiger partial charge on any atom is 0.241 e. The zero-order valence-corrected chi connectivity index (χ0v) is 14.5. The number of rotatable bonds is 2. The second kappa shape index (κ2) is 6.03. The summed E-state index contributed by atoms with van der Waals surface area (Å²) in [6.45, 7) is 3.00. The molecule has 0 aliphatic carbocycles. The van der Waals surface area contributed by atoms with Crippen molar-refractivity contribution in [3.63, 3.8) is 0 Å². The van der Waals surface area contributed by atoms with Crippen molar-refractivity contribution in [2.24, 2.45) is 5.92 Å². The first kappa shape index (κ1) is 14.5. The van der Waals surface area contributed by atoms with Crippen molar-refractivity contribution in [1.29, 1.82) is 0 Å². The lowest BCUT2D eigenvalue weighted by Gasteiger charge is -2.17. The lowest BCUT2D eigenvalue weighted by atomic mass is 10.0. The SMILES string of the molecule is CC1CCNC1C(=O)Nc1c(Br)cc(Br)cc1Br. The summed E-state index contributed by atoms with van der Waals surface area (Å²) in [6.07, 6.45) is 1.04. The van der Waals surface area contributed by atoms with E-state index < -0.39 is 0 Å². The minimum absolute atomic E-state index is 0.0173. The Bertz CT molecular complexity index is 455. The Balaban J connectivity index is 2.17. The Morgan fingerprint density at radius 3 is 2.44 bits per heavy atom. The molecule has 1 aliphatic rings. The van der Waals surface area contributed by atoms with Crippen molar-refractivity contribution in [2.45, 2.75) is 19.4 Å². The molecule has 1 saturated heterocycles. The summed E-state index contributed by atoms with van der Waals surface area (Å²) in [5.41, 5.74) is 0.768. The third-order valence-electron chi connectivity index (χ3n) is 3.07. The molecule has 18 heavy (non-hydrogen) atoms. The van der Waals surface area contributed by atoms with Gasteiger partial charge in [-0.25, -0.2) is 0 Å². The van der Waals surface area contributed by atoms with E-state index in [4.69, 9.17) is 0 Å². The Labute approximate surface area is 131 Å². The molecule has 1 aromatic carbocycles. The molecule has 0 radical (unpaired) electrons. The van der Waals surface area contributed by atoms with Crippen LogP contribution in [0, 0.1) is 5.92 Å². The Hall–Kier alpha value is 0.0900. The average Bonchev–Trinajstić information content (AvgIpc) is 2.69. The van der Waals surface area contributed by atoms with Gasteiger partial charge in [0.2, 0.25) is 5.91 Å². The molecule has 1 fully saturated rings. The quantitative estimate of drug-likeness (QED) is 0.732. The zero-order chi connectivity index (χ0) is 13.3. The second-order valence-corrected chi connectivity index (χ2v) is 7.06. The summed E-state index contributed by atoms with van der Waals surface area (Å²) in [7, 11) is 0. The van der Waals surface area contributed by atoms with Crippen molar-refractivity contribution in [1.82, 2.24) is 5.32 Å². The van der Waals surface area contributed by atoms with Crippen LogP contribution in [0.2, 0.25) is 0 Å². The van der Waals surface area contributed by atoms with Gasteiger partial charge in [0.25, 0.3) is 0 Å². The fraction of sp³-hybridized carbons (Fsp3) is 0.417. The number of halogens is 3. The van der Waals surface area contributed by atoms with Gasteiger partial charge in [0, 0.05) is 13.4 Å².